The molecule has 0 aliphatic heterocycles. The maximum Gasteiger partial charge on any atom is 0.320 e. The number of hydrogen-bond donors (Lipinski definition) is 1. The zero-order chi connectivity index (χ0) is 19.4. The van der Waals surface area contributed by atoms with Gasteiger partial charge in [-0.15, -0.1) is 0 Å². The summed E-state index contributed by atoms with van der Waals surface area (Å²) in [5.74, 6) is 0.186. The number of methoxy groups -OCH3 is 2. The van der Waals surface area contributed by atoms with Crippen LogP contribution in [0.2, 0.25) is 0 Å². The number of ether oxygens (including phenoxy) is 3. The molecular weight excluding hydrogens is 416 g/mol. The first-order valence-electron chi connectivity index (χ1n) is 7.92. The van der Waals surface area contributed by atoms with E-state index in [-0.39, 0.29) is 11.8 Å². The summed E-state index contributed by atoms with van der Waals surface area (Å²) in [5, 5.41) is 0. The highest BCUT2D eigenvalue weighted by molar-refractivity contribution is 9.10. The van der Waals surface area contributed by atoms with Gasteiger partial charge in [-0.05, 0) is 11.6 Å². The lowest BCUT2D eigenvalue weighted by molar-refractivity contribution is 0.141. The van der Waals surface area contributed by atoms with Crippen molar-refractivity contribution in [1.82, 2.24) is 19.5 Å². The summed E-state index contributed by atoms with van der Waals surface area (Å²) >= 11 is 3.38. The SMILES string of the molecule is [C-]#[N+]c1cc(Br)ccc1Cn1c(OC)nc2c(N)nc(OCCOC)nc21. The first kappa shape index (κ1) is 18.9. The maximum absolute atomic E-state index is 7.40. The van der Waals surface area contributed by atoms with Crippen LogP contribution in [0.4, 0.5) is 11.5 Å². The smallest absolute Gasteiger partial charge is 0.320 e. The van der Waals surface area contributed by atoms with E-state index in [4.69, 9.17) is 26.5 Å². The average Bonchev–Trinajstić information content (AvgIpc) is 3.01. The second-order valence-electron chi connectivity index (χ2n) is 5.47. The summed E-state index contributed by atoms with van der Waals surface area (Å²) in [7, 11) is 3.09. The van der Waals surface area contributed by atoms with Gasteiger partial charge >= 0.3 is 6.01 Å². The van der Waals surface area contributed by atoms with E-state index >= 15 is 0 Å². The zero-order valence-corrected chi connectivity index (χ0v) is 16.4. The van der Waals surface area contributed by atoms with E-state index in [1.807, 2.05) is 12.1 Å². The Morgan fingerprint density at radius 1 is 1.22 bits per heavy atom. The van der Waals surface area contributed by atoms with E-state index < -0.39 is 0 Å². The van der Waals surface area contributed by atoms with Gasteiger partial charge in [0.05, 0.1) is 20.3 Å². The molecule has 27 heavy (non-hydrogen) atoms. The fourth-order valence-electron chi connectivity index (χ4n) is 2.51. The van der Waals surface area contributed by atoms with Gasteiger partial charge in [-0.3, -0.25) is 4.57 Å². The molecule has 0 fully saturated rings. The highest BCUT2D eigenvalue weighted by Crippen LogP contribution is 2.30. The van der Waals surface area contributed by atoms with Crippen molar-refractivity contribution < 1.29 is 14.2 Å². The molecule has 0 radical (unpaired) electrons. The molecule has 9 nitrogen and oxygen atoms in total. The molecule has 0 bridgehead atoms. The van der Waals surface area contributed by atoms with Gasteiger partial charge in [0.25, 0.3) is 6.01 Å². The Labute approximate surface area is 164 Å². The molecule has 0 saturated carbocycles. The van der Waals surface area contributed by atoms with Crippen molar-refractivity contribution in [2.24, 2.45) is 0 Å². The molecule has 140 valence electrons. The zero-order valence-electron chi connectivity index (χ0n) is 14.8. The van der Waals surface area contributed by atoms with Crippen LogP contribution in [0.15, 0.2) is 22.7 Å². The summed E-state index contributed by atoms with van der Waals surface area (Å²) < 4.78 is 18.4. The van der Waals surface area contributed by atoms with Crippen molar-refractivity contribution in [1.29, 1.82) is 0 Å². The Morgan fingerprint density at radius 2 is 2.04 bits per heavy atom. The van der Waals surface area contributed by atoms with Crippen molar-refractivity contribution in [3.05, 3.63) is 39.7 Å². The second kappa shape index (κ2) is 8.20. The third-order valence-corrected chi connectivity index (χ3v) is 4.26. The van der Waals surface area contributed by atoms with Crippen LogP contribution in [0.3, 0.4) is 0 Å². The van der Waals surface area contributed by atoms with E-state index in [0.717, 1.165) is 10.0 Å². The van der Waals surface area contributed by atoms with Gasteiger partial charge in [0.1, 0.15) is 6.61 Å². The molecule has 0 saturated heterocycles. The molecule has 1 aromatic carbocycles. The Morgan fingerprint density at radius 3 is 2.74 bits per heavy atom. The third-order valence-electron chi connectivity index (χ3n) is 3.76. The van der Waals surface area contributed by atoms with Gasteiger partial charge in [-0.25, -0.2) is 4.85 Å². The molecule has 2 aromatic heterocycles. The van der Waals surface area contributed by atoms with E-state index in [9.17, 15) is 0 Å². The third kappa shape index (κ3) is 3.94. The minimum absolute atomic E-state index is 0.127. The lowest BCUT2D eigenvalue weighted by atomic mass is 10.2. The summed E-state index contributed by atoms with van der Waals surface area (Å²) in [4.78, 5) is 16.5. The van der Waals surface area contributed by atoms with E-state index in [1.54, 1.807) is 17.7 Å². The number of benzene rings is 1. The minimum Gasteiger partial charge on any atom is -0.468 e. The van der Waals surface area contributed by atoms with Crippen LogP contribution >= 0.6 is 15.9 Å². The lowest BCUT2D eigenvalue weighted by Gasteiger charge is -2.10. The Balaban J connectivity index is 2.07. The van der Waals surface area contributed by atoms with Gasteiger partial charge in [0.15, 0.2) is 22.7 Å². The van der Waals surface area contributed by atoms with Gasteiger partial charge < -0.3 is 19.9 Å². The molecule has 2 N–H and O–H groups in total. The lowest BCUT2D eigenvalue weighted by Crippen LogP contribution is -2.09. The number of hydrogen-bond acceptors (Lipinski definition) is 7. The van der Waals surface area contributed by atoms with Crippen LogP contribution in [0.5, 0.6) is 12.0 Å². The molecule has 0 aliphatic carbocycles. The van der Waals surface area contributed by atoms with Crippen molar-refractivity contribution >= 4 is 38.6 Å². The Kier molecular flexibility index (Phi) is 5.73. The van der Waals surface area contributed by atoms with Gasteiger partial charge in [-0.1, -0.05) is 28.1 Å². The van der Waals surface area contributed by atoms with E-state index in [2.05, 4.69) is 35.7 Å². The van der Waals surface area contributed by atoms with E-state index in [1.165, 1.54) is 7.11 Å². The summed E-state index contributed by atoms with van der Waals surface area (Å²) in [6.07, 6.45) is 0. The number of nitrogens with two attached hydrogens (primary N) is 1. The molecule has 0 unspecified atom stereocenters. The number of aromatic nitrogens is 4. The van der Waals surface area contributed by atoms with Crippen molar-refractivity contribution in [3.63, 3.8) is 0 Å². The van der Waals surface area contributed by atoms with Crippen LogP contribution in [0.1, 0.15) is 5.56 Å². The normalized spacial score (nSPS) is 10.7. The monoisotopic (exact) mass is 432 g/mol. The predicted molar refractivity (Wildman–Crippen MR) is 103 cm³/mol. The fraction of sp³-hybridized carbons (Fsp3) is 0.294. The van der Waals surface area contributed by atoms with Crippen LogP contribution in [-0.2, 0) is 11.3 Å². The second-order valence-corrected chi connectivity index (χ2v) is 6.39. The van der Waals surface area contributed by atoms with Gasteiger partial charge in [-0.2, -0.15) is 15.0 Å². The molecule has 3 rings (SSSR count). The quantitative estimate of drug-likeness (QED) is 0.452. The number of imidazole rings is 1. The first-order valence-corrected chi connectivity index (χ1v) is 8.72. The fourth-order valence-corrected chi connectivity index (χ4v) is 2.85. The van der Waals surface area contributed by atoms with Gasteiger partial charge in [0, 0.05) is 18.1 Å². The summed E-state index contributed by atoms with van der Waals surface area (Å²) in [5.41, 5.74) is 8.21. The largest absolute Gasteiger partial charge is 0.468 e. The number of halogens is 1. The standard InChI is InChI=1S/C17H17BrN6O3/c1-20-12-8-11(18)5-4-10(12)9-24-15-13(21-17(24)26-3)14(19)22-16(23-15)27-7-6-25-2/h4-5,8H,6-7,9H2,2-3H3,(H2,19,22,23). The van der Waals surface area contributed by atoms with Crippen LogP contribution < -0.4 is 15.2 Å². The molecule has 3 aromatic rings. The molecule has 2 heterocycles. The number of anilines is 1. The van der Waals surface area contributed by atoms with Crippen molar-refractivity contribution in [2.75, 3.05) is 33.2 Å². The van der Waals surface area contributed by atoms with Crippen molar-refractivity contribution in [3.8, 4) is 12.0 Å². The Bertz CT molecular complexity index is 1010. The number of fused-ring (bicyclic) bond motifs is 1. The Hall–Kier alpha value is -2.90. The first-order chi connectivity index (χ1) is 13.1. The highest BCUT2D eigenvalue weighted by atomic mass is 79.9. The summed E-state index contributed by atoms with van der Waals surface area (Å²) in [6, 6.07) is 5.94. The maximum atomic E-state index is 7.40. The minimum atomic E-state index is 0.127. The van der Waals surface area contributed by atoms with Gasteiger partial charge in [0.2, 0.25) is 0 Å². The topological polar surface area (TPSA) is 102 Å². The van der Waals surface area contributed by atoms with Crippen LogP contribution in [-0.4, -0.2) is 47.0 Å². The number of nitrogens with zero attached hydrogens (tertiary/aromatic N) is 5. The van der Waals surface area contributed by atoms with Crippen LogP contribution in [0.25, 0.3) is 16.0 Å². The highest BCUT2D eigenvalue weighted by Gasteiger charge is 2.19. The molecule has 0 amide bonds. The molecular formula is C17H17BrN6O3. The van der Waals surface area contributed by atoms with Crippen molar-refractivity contribution in [2.45, 2.75) is 6.54 Å². The summed E-state index contributed by atoms with van der Waals surface area (Å²) in [6.45, 7) is 8.43. The van der Waals surface area contributed by atoms with Crippen LogP contribution in [0, 0.1) is 6.57 Å². The number of rotatable bonds is 7. The molecule has 0 spiro atoms. The molecule has 0 aliphatic rings. The predicted octanol–water partition coefficient (Wildman–Crippen LogP) is 2.80. The molecule has 10 heteroatoms. The number of nitrogen functional groups attached to an aromatic ring is 1. The van der Waals surface area contributed by atoms with E-state index in [0.29, 0.717) is 42.6 Å². The average molecular weight is 433 g/mol. The molecule has 0 atom stereocenters.